The Hall–Kier alpha value is -0.0400. The van der Waals surface area contributed by atoms with E-state index in [1.807, 2.05) is 0 Å². The fourth-order valence-corrected chi connectivity index (χ4v) is 2.88. The number of hydrogen-bond acceptors (Lipinski definition) is 1. The topological polar surface area (TPSA) is 12.0 Å². The van der Waals surface area contributed by atoms with Gasteiger partial charge in [-0.15, -0.1) is 0 Å². The molecule has 0 heterocycles. The van der Waals surface area contributed by atoms with Crippen molar-refractivity contribution in [2.45, 2.75) is 84.1 Å². The fraction of sp³-hybridized carbons (Fsp3) is 1.00. The third kappa shape index (κ3) is 5.89. The minimum absolute atomic E-state index is 0.806. The Morgan fingerprint density at radius 3 is 2.44 bits per heavy atom. The van der Waals surface area contributed by atoms with Gasteiger partial charge in [-0.3, -0.25) is 0 Å². The molecule has 1 saturated carbocycles. The molecule has 0 saturated heterocycles. The Kier molecular flexibility index (Phi) is 7.92. The molecular weight excluding hydrogens is 194 g/mol. The van der Waals surface area contributed by atoms with E-state index in [9.17, 15) is 0 Å². The molecule has 0 aromatic heterocycles. The summed E-state index contributed by atoms with van der Waals surface area (Å²) < 4.78 is 0. The molecule has 1 heteroatoms. The summed E-state index contributed by atoms with van der Waals surface area (Å²) in [6, 6.07) is 0.806. The standard InChI is InChI=1S/C15H31N/c1-3-5-10-15(16-13-4-2)12-11-14-8-6-7-9-14/h14-16H,3-13H2,1-2H3. The Labute approximate surface area is 102 Å². The molecule has 0 radical (unpaired) electrons. The monoisotopic (exact) mass is 225 g/mol. The predicted molar refractivity (Wildman–Crippen MR) is 72.8 cm³/mol. The molecule has 0 amide bonds. The van der Waals surface area contributed by atoms with Crippen LogP contribution in [0.25, 0.3) is 0 Å². The van der Waals surface area contributed by atoms with Crippen molar-refractivity contribution in [2.24, 2.45) is 5.92 Å². The van der Waals surface area contributed by atoms with Crippen molar-refractivity contribution in [2.75, 3.05) is 6.54 Å². The average molecular weight is 225 g/mol. The summed E-state index contributed by atoms with van der Waals surface area (Å²) in [5.74, 6) is 1.06. The molecule has 96 valence electrons. The van der Waals surface area contributed by atoms with Crippen LogP contribution in [0.4, 0.5) is 0 Å². The van der Waals surface area contributed by atoms with Crippen LogP contribution in [-0.2, 0) is 0 Å². The van der Waals surface area contributed by atoms with Crippen molar-refractivity contribution in [1.29, 1.82) is 0 Å². The Morgan fingerprint density at radius 1 is 1.06 bits per heavy atom. The molecular formula is C15H31N. The van der Waals surface area contributed by atoms with E-state index in [-0.39, 0.29) is 0 Å². The van der Waals surface area contributed by atoms with Gasteiger partial charge in [-0.2, -0.15) is 0 Å². The van der Waals surface area contributed by atoms with E-state index in [1.54, 1.807) is 0 Å². The molecule has 1 unspecified atom stereocenters. The first-order valence-corrected chi connectivity index (χ1v) is 7.60. The van der Waals surface area contributed by atoms with Gasteiger partial charge in [0.1, 0.15) is 0 Å². The van der Waals surface area contributed by atoms with Crippen molar-refractivity contribution < 1.29 is 0 Å². The number of rotatable bonds is 9. The van der Waals surface area contributed by atoms with Crippen molar-refractivity contribution in [3.8, 4) is 0 Å². The second kappa shape index (κ2) is 9.04. The largest absolute Gasteiger partial charge is 0.314 e. The second-order valence-corrected chi connectivity index (χ2v) is 5.52. The molecule has 0 aromatic rings. The van der Waals surface area contributed by atoms with Gasteiger partial charge in [0.25, 0.3) is 0 Å². The molecule has 0 aliphatic heterocycles. The van der Waals surface area contributed by atoms with Crippen LogP contribution in [0.5, 0.6) is 0 Å². The Balaban J connectivity index is 2.13. The summed E-state index contributed by atoms with van der Waals surface area (Å²) in [6.07, 6.45) is 14.3. The van der Waals surface area contributed by atoms with Crippen LogP contribution in [0, 0.1) is 5.92 Å². The maximum absolute atomic E-state index is 3.73. The zero-order valence-corrected chi connectivity index (χ0v) is 11.4. The van der Waals surface area contributed by atoms with E-state index in [2.05, 4.69) is 19.2 Å². The van der Waals surface area contributed by atoms with Crippen molar-refractivity contribution >= 4 is 0 Å². The molecule has 0 spiro atoms. The first kappa shape index (κ1) is 14.0. The van der Waals surface area contributed by atoms with Crippen LogP contribution in [0.15, 0.2) is 0 Å². The van der Waals surface area contributed by atoms with E-state index >= 15 is 0 Å². The van der Waals surface area contributed by atoms with Gasteiger partial charge >= 0.3 is 0 Å². The van der Waals surface area contributed by atoms with Gasteiger partial charge in [-0.25, -0.2) is 0 Å². The van der Waals surface area contributed by atoms with Gasteiger partial charge in [-0.05, 0) is 38.1 Å². The van der Waals surface area contributed by atoms with Crippen LogP contribution in [0.1, 0.15) is 78.1 Å². The highest BCUT2D eigenvalue weighted by molar-refractivity contribution is 4.72. The molecule has 1 atom stereocenters. The summed E-state index contributed by atoms with van der Waals surface area (Å²) in [7, 11) is 0. The first-order chi connectivity index (χ1) is 7.86. The molecule has 0 aromatic carbocycles. The van der Waals surface area contributed by atoms with Gasteiger partial charge in [0.15, 0.2) is 0 Å². The highest BCUT2D eigenvalue weighted by atomic mass is 14.9. The number of hydrogen-bond donors (Lipinski definition) is 1. The molecule has 1 N–H and O–H groups in total. The van der Waals surface area contributed by atoms with Crippen LogP contribution in [0.3, 0.4) is 0 Å². The number of unbranched alkanes of at least 4 members (excludes halogenated alkanes) is 1. The van der Waals surface area contributed by atoms with E-state index < -0.39 is 0 Å². The first-order valence-electron chi connectivity index (χ1n) is 7.60. The summed E-state index contributed by atoms with van der Waals surface area (Å²) in [6.45, 7) is 5.77. The second-order valence-electron chi connectivity index (χ2n) is 5.52. The summed E-state index contributed by atoms with van der Waals surface area (Å²) in [4.78, 5) is 0. The lowest BCUT2D eigenvalue weighted by atomic mass is 9.96. The fourth-order valence-electron chi connectivity index (χ4n) is 2.88. The molecule has 16 heavy (non-hydrogen) atoms. The molecule has 1 aliphatic carbocycles. The molecule has 0 bridgehead atoms. The van der Waals surface area contributed by atoms with Crippen molar-refractivity contribution in [3.63, 3.8) is 0 Å². The molecule has 1 aliphatic rings. The van der Waals surface area contributed by atoms with Crippen LogP contribution in [0.2, 0.25) is 0 Å². The molecule has 1 nitrogen and oxygen atoms in total. The van der Waals surface area contributed by atoms with Crippen molar-refractivity contribution in [1.82, 2.24) is 5.32 Å². The lowest BCUT2D eigenvalue weighted by Crippen LogP contribution is -2.30. The highest BCUT2D eigenvalue weighted by Crippen LogP contribution is 2.29. The van der Waals surface area contributed by atoms with Gasteiger partial charge in [0.05, 0.1) is 0 Å². The molecule has 1 fully saturated rings. The lowest BCUT2D eigenvalue weighted by molar-refractivity contribution is 0.383. The van der Waals surface area contributed by atoms with Gasteiger partial charge in [0, 0.05) is 6.04 Å². The van der Waals surface area contributed by atoms with Crippen LogP contribution >= 0.6 is 0 Å². The minimum Gasteiger partial charge on any atom is -0.314 e. The minimum atomic E-state index is 0.806. The third-order valence-corrected chi connectivity index (χ3v) is 3.99. The maximum atomic E-state index is 3.73. The zero-order valence-electron chi connectivity index (χ0n) is 11.4. The SMILES string of the molecule is CCCCC(CCC1CCCC1)NCCC. The third-order valence-electron chi connectivity index (χ3n) is 3.99. The van der Waals surface area contributed by atoms with E-state index in [4.69, 9.17) is 0 Å². The smallest absolute Gasteiger partial charge is 0.00671 e. The average Bonchev–Trinajstić information content (AvgIpc) is 2.81. The van der Waals surface area contributed by atoms with Gasteiger partial charge < -0.3 is 5.32 Å². The zero-order chi connectivity index (χ0) is 11.6. The number of nitrogens with one attached hydrogen (secondary N) is 1. The van der Waals surface area contributed by atoms with Gasteiger partial charge in [-0.1, -0.05) is 52.4 Å². The van der Waals surface area contributed by atoms with Crippen LogP contribution in [-0.4, -0.2) is 12.6 Å². The summed E-state index contributed by atoms with van der Waals surface area (Å²) >= 11 is 0. The van der Waals surface area contributed by atoms with Crippen molar-refractivity contribution in [3.05, 3.63) is 0 Å². The summed E-state index contributed by atoms with van der Waals surface area (Å²) in [5.41, 5.74) is 0. The van der Waals surface area contributed by atoms with Crippen LogP contribution < -0.4 is 5.32 Å². The van der Waals surface area contributed by atoms with E-state index in [0.29, 0.717) is 0 Å². The van der Waals surface area contributed by atoms with E-state index in [1.165, 1.54) is 70.8 Å². The maximum Gasteiger partial charge on any atom is 0.00671 e. The van der Waals surface area contributed by atoms with E-state index in [0.717, 1.165) is 12.0 Å². The lowest BCUT2D eigenvalue weighted by Gasteiger charge is -2.20. The summed E-state index contributed by atoms with van der Waals surface area (Å²) in [5, 5.41) is 3.73. The van der Waals surface area contributed by atoms with Gasteiger partial charge in [0.2, 0.25) is 0 Å². The predicted octanol–water partition coefficient (Wildman–Crippen LogP) is 4.52. The molecule has 1 rings (SSSR count). The Bertz CT molecular complexity index is 142. The Morgan fingerprint density at radius 2 is 1.81 bits per heavy atom. The normalized spacial score (nSPS) is 19.1. The quantitative estimate of drug-likeness (QED) is 0.608. The highest BCUT2D eigenvalue weighted by Gasteiger charge is 2.16.